The summed E-state index contributed by atoms with van der Waals surface area (Å²) in [6.07, 6.45) is 0.734. The van der Waals surface area contributed by atoms with E-state index in [0.29, 0.717) is 15.6 Å². The molecule has 2 N–H and O–H groups in total. The number of amides is 1. The van der Waals surface area contributed by atoms with Crippen molar-refractivity contribution < 1.29 is 4.79 Å². The number of fused-ring (bicyclic) bond motifs is 1. The number of nitrogens with two attached hydrogens (primary N) is 1. The van der Waals surface area contributed by atoms with Crippen molar-refractivity contribution in [3.8, 4) is 11.3 Å². The first-order valence-corrected chi connectivity index (χ1v) is 10.5. The topological polar surface area (TPSA) is 56.0 Å². The SMILES string of the molecule is CCC(c1ccc(Cl)c(Cl)c1)c1c(-c2ccccc2)nc2ccccc2c1C(N)=O. The van der Waals surface area contributed by atoms with Crippen LogP contribution in [0.2, 0.25) is 10.0 Å². The van der Waals surface area contributed by atoms with Gasteiger partial charge in [-0.25, -0.2) is 4.98 Å². The van der Waals surface area contributed by atoms with Crippen LogP contribution >= 0.6 is 23.2 Å². The fourth-order valence-corrected chi connectivity index (χ4v) is 4.29. The molecule has 0 saturated carbocycles. The number of rotatable bonds is 5. The Morgan fingerprint density at radius 2 is 1.67 bits per heavy atom. The first kappa shape index (κ1) is 20.4. The normalized spacial score (nSPS) is 12.1. The van der Waals surface area contributed by atoms with Crippen LogP contribution in [0.3, 0.4) is 0 Å². The molecule has 30 heavy (non-hydrogen) atoms. The number of nitrogens with zero attached hydrogens (tertiary/aromatic N) is 1. The molecule has 0 aliphatic rings. The van der Waals surface area contributed by atoms with Crippen molar-refractivity contribution in [3.05, 3.63) is 99.5 Å². The molecule has 0 aliphatic heterocycles. The number of carbonyl (C=O) groups excluding carboxylic acids is 1. The number of hydrogen-bond donors (Lipinski definition) is 1. The smallest absolute Gasteiger partial charge is 0.249 e. The summed E-state index contributed by atoms with van der Waals surface area (Å²) < 4.78 is 0. The molecule has 1 heterocycles. The minimum Gasteiger partial charge on any atom is -0.366 e. The summed E-state index contributed by atoms with van der Waals surface area (Å²) in [6, 6.07) is 23.0. The van der Waals surface area contributed by atoms with Crippen molar-refractivity contribution in [1.82, 2.24) is 4.98 Å². The van der Waals surface area contributed by atoms with Gasteiger partial charge in [-0.2, -0.15) is 0 Å². The van der Waals surface area contributed by atoms with Crippen LogP contribution in [0.25, 0.3) is 22.2 Å². The summed E-state index contributed by atoms with van der Waals surface area (Å²) in [7, 11) is 0. The zero-order valence-electron chi connectivity index (χ0n) is 16.4. The average Bonchev–Trinajstić information content (AvgIpc) is 2.76. The van der Waals surface area contributed by atoms with E-state index in [1.807, 2.05) is 66.7 Å². The van der Waals surface area contributed by atoms with Gasteiger partial charge in [0, 0.05) is 16.9 Å². The summed E-state index contributed by atoms with van der Waals surface area (Å²) in [6.45, 7) is 2.07. The van der Waals surface area contributed by atoms with Crippen LogP contribution in [0, 0.1) is 0 Å². The molecule has 0 radical (unpaired) electrons. The van der Waals surface area contributed by atoms with Gasteiger partial charge in [0.25, 0.3) is 0 Å². The van der Waals surface area contributed by atoms with Crippen molar-refractivity contribution in [1.29, 1.82) is 0 Å². The molecule has 0 spiro atoms. The molecule has 0 bridgehead atoms. The summed E-state index contributed by atoms with van der Waals surface area (Å²) >= 11 is 12.5. The van der Waals surface area contributed by atoms with Crippen molar-refractivity contribution >= 4 is 40.0 Å². The Kier molecular flexibility index (Phi) is 5.76. The van der Waals surface area contributed by atoms with Gasteiger partial charge < -0.3 is 5.73 Å². The van der Waals surface area contributed by atoms with Crippen LogP contribution in [0.1, 0.15) is 40.7 Å². The molecule has 150 valence electrons. The molecule has 0 aliphatic carbocycles. The third-order valence-electron chi connectivity index (χ3n) is 5.33. The summed E-state index contributed by atoms with van der Waals surface area (Å²) in [5.74, 6) is -0.603. The van der Waals surface area contributed by atoms with E-state index in [1.54, 1.807) is 6.07 Å². The second-order valence-corrected chi connectivity index (χ2v) is 7.95. The first-order chi connectivity index (χ1) is 14.5. The van der Waals surface area contributed by atoms with E-state index in [1.165, 1.54) is 0 Å². The van der Waals surface area contributed by atoms with Crippen LogP contribution < -0.4 is 5.73 Å². The maximum Gasteiger partial charge on any atom is 0.249 e. The van der Waals surface area contributed by atoms with Gasteiger partial charge in [-0.1, -0.05) is 84.7 Å². The highest BCUT2D eigenvalue weighted by Crippen LogP contribution is 2.40. The lowest BCUT2D eigenvalue weighted by Crippen LogP contribution is -2.18. The summed E-state index contributed by atoms with van der Waals surface area (Å²) in [5, 5.41) is 1.71. The van der Waals surface area contributed by atoms with Gasteiger partial charge in [0.2, 0.25) is 5.91 Å². The highest BCUT2D eigenvalue weighted by molar-refractivity contribution is 6.42. The number of hydrogen-bond acceptors (Lipinski definition) is 2. The highest BCUT2D eigenvalue weighted by Gasteiger charge is 2.26. The minimum atomic E-state index is -0.473. The number of pyridine rings is 1. The van der Waals surface area contributed by atoms with Crippen molar-refractivity contribution in [2.45, 2.75) is 19.3 Å². The number of halogens is 2. The molecule has 1 atom stereocenters. The average molecular weight is 435 g/mol. The zero-order chi connectivity index (χ0) is 21.3. The van der Waals surface area contributed by atoms with Crippen LogP contribution in [-0.2, 0) is 0 Å². The van der Waals surface area contributed by atoms with E-state index in [9.17, 15) is 4.79 Å². The fourth-order valence-electron chi connectivity index (χ4n) is 3.98. The van der Waals surface area contributed by atoms with Gasteiger partial charge in [0.1, 0.15) is 0 Å². The third kappa shape index (κ3) is 3.67. The Morgan fingerprint density at radius 3 is 2.33 bits per heavy atom. The number of primary amides is 1. The molecule has 4 rings (SSSR count). The molecule has 3 nitrogen and oxygen atoms in total. The van der Waals surface area contributed by atoms with Gasteiger partial charge in [-0.15, -0.1) is 0 Å². The van der Waals surface area contributed by atoms with Crippen LogP contribution in [-0.4, -0.2) is 10.9 Å². The quantitative estimate of drug-likeness (QED) is 0.373. The highest BCUT2D eigenvalue weighted by atomic mass is 35.5. The fraction of sp³-hybridized carbons (Fsp3) is 0.120. The van der Waals surface area contributed by atoms with Gasteiger partial charge >= 0.3 is 0 Å². The van der Waals surface area contributed by atoms with Gasteiger partial charge in [-0.3, -0.25) is 4.79 Å². The Labute approximate surface area is 185 Å². The number of aromatic nitrogens is 1. The lowest BCUT2D eigenvalue weighted by atomic mass is 9.82. The second kappa shape index (κ2) is 8.47. The zero-order valence-corrected chi connectivity index (χ0v) is 17.9. The summed E-state index contributed by atoms with van der Waals surface area (Å²) in [5.41, 5.74) is 10.6. The van der Waals surface area contributed by atoms with Crippen LogP contribution in [0.4, 0.5) is 0 Å². The number of carbonyl (C=O) groups is 1. The van der Waals surface area contributed by atoms with E-state index in [2.05, 4.69) is 6.92 Å². The van der Waals surface area contributed by atoms with E-state index in [-0.39, 0.29) is 5.92 Å². The largest absolute Gasteiger partial charge is 0.366 e. The van der Waals surface area contributed by atoms with Gasteiger partial charge in [0.05, 0.1) is 26.8 Å². The Morgan fingerprint density at radius 1 is 0.967 bits per heavy atom. The summed E-state index contributed by atoms with van der Waals surface area (Å²) in [4.78, 5) is 17.7. The van der Waals surface area contributed by atoms with E-state index in [0.717, 1.165) is 39.7 Å². The predicted octanol–water partition coefficient (Wildman–Crippen LogP) is 6.85. The van der Waals surface area contributed by atoms with Crippen molar-refractivity contribution in [2.75, 3.05) is 0 Å². The standard InChI is InChI=1S/C25H20Cl2N2O/c1-2-17(16-12-13-19(26)20(27)14-16)22-23(25(28)30)18-10-6-7-11-21(18)29-24(22)15-8-4-3-5-9-15/h3-14,17H,2H2,1H3,(H2,28,30). The lowest BCUT2D eigenvalue weighted by Gasteiger charge is -2.23. The molecule has 1 unspecified atom stereocenters. The maximum absolute atomic E-state index is 12.7. The van der Waals surface area contributed by atoms with Gasteiger partial charge in [0.15, 0.2) is 0 Å². The van der Waals surface area contributed by atoms with Crippen molar-refractivity contribution in [3.63, 3.8) is 0 Å². The Hall–Kier alpha value is -2.88. The monoisotopic (exact) mass is 434 g/mol. The maximum atomic E-state index is 12.7. The Balaban J connectivity index is 2.11. The molecule has 0 fully saturated rings. The molecule has 0 saturated heterocycles. The number of para-hydroxylation sites is 1. The molecule has 1 aromatic heterocycles. The minimum absolute atomic E-state index is 0.130. The molecular formula is C25H20Cl2N2O. The second-order valence-electron chi connectivity index (χ2n) is 7.13. The van der Waals surface area contributed by atoms with E-state index >= 15 is 0 Å². The molecule has 4 aromatic rings. The first-order valence-electron chi connectivity index (χ1n) is 9.74. The van der Waals surface area contributed by atoms with Gasteiger partial charge in [-0.05, 0) is 35.7 Å². The lowest BCUT2D eigenvalue weighted by molar-refractivity contribution is 0.100. The predicted molar refractivity (Wildman–Crippen MR) is 124 cm³/mol. The van der Waals surface area contributed by atoms with Crippen molar-refractivity contribution in [2.24, 2.45) is 5.73 Å². The Bertz CT molecular complexity index is 1240. The molecule has 3 aromatic carbocycles. The van der Waals surface area contributed by atoms with Crippen LogP contribution in [0.15, 0.2) is 72.8 Å². The molecule has 5 heteroatoms. The van der Waals surface area contributed by atoms with E-state index in [4.69, 9.17) is 33.9 Å². The van der Waals surface area contributed by atoms with E-state index < -0.39 is 5.91 Å². The van der Waals surface area contributed by atoms with Crippen LogP contribution in [0.5, 0.6) is 0 Å². The molecular weight excluding hydrogens is 415 g/mol. The number of benzene rings is 3. The molecule has 1 amide bonds. The third-order valence-corrected chi connectivity index (χ3v) is 6.07.